The predicted octanol–water partition coefficient (Wildman–Crippen LogP) is 2.55. The Hall–Kier alpha value is -2.58. The first-order valence-electron chi connectivity index (χ1n) is 8.80. The molecule has 0 saturated carbocycles. The number of amides is 2. The highest BCUT2D eigenvalue weighted by molar-refractivity contribution is 7.88. The van der Waals surface area contributed by atoms with Gasteiger partial charge in [0.15, 0.2) is 0 Å². The maximum absolute atomic E-state index is 12.9. The number of nitrogens with zero attached hydrogens (tertiary/aromatic N) is 1. The number of sulfonamides is 1. The van der Waals surface area contributed by atoms with Gasteiger partial charge in [0.1, 0.15) is 12.4 Å². The number of carbonyl (C=O) groups excluding carboxylic acids is 1. The molecule has 2 aromatic rings. The molecule has 0 atom stereocenters. The molecule has 0 radical (unpaired) electrons. The maximum atomic E-state index is 12.9. The van der Waals surface area contributed by atoms with Gasteiger partial charge in [-0.15, -0.1) is 0 Å². The van der Waals surface area contributed by atoms with Gasteiger partial charge in [-0.25, -0.2) is 13.2 Å². The molecule has 0 aromatic heterocycles. The number of carbonyl (C=O) groups is 1. The highest BCUT2D eigenvalue weighted by Crippen LogP contribution is 2.28. The van der Waals surface area contributed by atoms with Gasteiger partial charge in [0.2, 0.25) is 10.0 Å². The molecule has 1 heterocycles. The second kappa shape index (κ2) is 8.41. The molecule has 8 heteroatoms. The monoisotopic (exact) mass is 389 g/mol. The molecule has 144 valence electrons. The maximum Gasteiger partial charge on any atom is 0.319 e. The van der Waals surface area contributed by atoms with Gasteiger partial charge in [0, 0.05) is 30.9 Å². The quantitative estimate of drug-likeness (QED) is 0.823. The molecule has 2 amide bonds. The van der Waals surface area contributed by atoms with Crippen LogP contribution < -0.4 is 15.4 Å². The Bertz CT molecular complexity index is 900. The fourth-order valence-electron chi connectivity index (χ4n) is 2.90. The summed E-state index contributed by atoms with van der Waals surface area (Å²) in [5.41, 5.74) is 2.05. The van der Waals surface area contributed by atoms with Gasteiger partial charge in [-0.05, 0) is 30.7 Å². The van der Waals surface area contributed by atoms with Crippen LogP contribution in [0.25, 0.3) is 0 Å². The minimum absolute atomic E-state index is 0.0555. The molecule has 0 unspecified atom stereocenters. The first kappa shape index (κ1) is 19.2. The lowest BCUT2D eigenvalue weighted by Crippen LogP contribution is -2.33. The molecular weight excluding hydrogens is 366 g/mol. The second-order valence-corrected chi connectivity index (χ2v) is 8.20. The SMILES string of the molecule is CCNC(=O)Nc1ccc2c(c1)CN(S(=O)(=O)Cc1ccccc1)CCO2. The van der Waals surface area contributed by atoms with E-state index in [9.17, 15) is 13.2 Å². The summed E-state index contributed by atoms with van der Waals surface area (Å²) in [6.07, 6.45) is 0. The summed E-state index contributed by atoms with van der Waals surface area (Å²) in [4.78, 5) is 11.7. The van der Waals surface area contributed by atoms with Gasteiger partial charge in [-0.1, -0.05) is 30.3 Å². The number of fused-ring (bicyclic) bond motifs is 1. The van der Waals surface area contributed by atoms with Crippen molar-refractivity contribution in [2.75, 3.05) is 25.0 Å². The van der Waals surface area contributed by atoms with Crippen molar-refractivity contribution < 1.29 is 17.9 Å². The van der Waals surface area contributed by atoms with Crippen molar-refractivity contribution in [2.45, 2.75) is 19.2 Å². The zero-order chi connectivity index (χ0) is 19.3. The van der Waals surface area contributed by atoms with E-state index < -0.39 is 10.0 Å². The van der Waals surface area contributed by atoms with Crippen LogP contribution in [-0.2, 0) is 22.3 Å². The van der Waals surface area contributed by atoms with Crippen LogP contribution in [0, 0.1) is 0 Å². The van der Waals surface area contributed by atoms with E-state index in [2.05, 4.69) is 10.6 Å². The Labute approximate surface area is 159 Å². The molecule has 0 fully saturated rings. The number of benzene rings is 2. The van der Waals surface area contributed by atoms with Crippen LogP contribution in [0.5, 0.6) is 5.75 Å². The number of hydrogen-bond donors (Lipinski definition) is 2. The van der Waals surface area contributed by atoms with Crippen molar-refractivity contribution in [3.8, 4) is 5.75 Å². The number of hydrogen-bond acceptors (Lipinski definition) is 4. The zero-order valence-corrected chi connectivity index (χ0v) is 16.0. The molecule has 1 aliphatic rings. The smallest absolute Gasteiger partial charge is 0.319 e. The third kappa shape index (κ3) is 4.99. The molecule has 7 nitrogen and oxygen atoms in total. The van der Waals surface area contributed by atoms with E-state index in [1.165, 1.54) is 4.31 Å². The van der Waals surface area contributed by atoms with Gasteiger partial charge in [-0.2, -0.15) is 4.31 Å². The van der Waals surface area contributed by atoms with Gasteiger partial charge < -0.3 is 15.4 Å². The van der Waals surface area contributed by atoms with Crippen molar-refractivity contribution in [2.24, 2.45) is 0 Å². The second-order valence-electron chi connectivity index (χ2n) is 6.23. The summed E-state index contributed by atoms with van der Waals surface area (Å²) in [5, 5.41) is 5.39. The molecule has 0 spiro atoms. The van der Waals surface area contributed by atoms with E-state index >= 15 is 0 Å². The van der Waals surface area contributed by atoms with Crippen LogP contribution in [0.3, 0.4) is 0 Å². The molecule has 0 bridgehead atoms. The molecule has 2 N–H and O–H groups in total. The number of rotatable bonds is 5. The first-order chi connectivity index (χ1) is 13.0. The Morgan fingerprint density at radius 1 is 1.19 bits per heavy atom. The van der Waals surface area contributed by atoms with E-state index in [1.807, 2.05) is 25.1 Å². The highest BCUT2D eigenvalue weighted by Gasteiger charge is 2.26. The van der Waals surface area contributed by atoms with Gasteiger partial charge in [-0.3, -0.25) is 0 Å². The largest absolute Gasteiger partial charge is 0.492 e. The lowest BCUT2D eigenvalue weighted by Gasteiger charge is -2.19. The number of nitrogens with one attached hydrogen (secondary N) is 2. The highest BCUT2D eigenvalue weighted by atomic mass is 32.2. The van der Waals surface area contributed by atoms with Crippen molar-refractivity contribution >= 4 is 21.7 Å². The lowest BCUT2D eigenvalue weighted by molar-refractivity contribution is 0.252. The minimum Gasteiger partial charge on any atom is -0.492 e. The van der Waals surface area contributed by atoms with Crippen molar-refractivity contribution in [1.29, 1.82) is 0 Å². The standard InChI is InChI=1S/C19H23N3O4S/c1-2-20-19(23)21-17-8-9-18-16(12-17)13-22(10-11-26-18)27(24,25)14-15-6-4-3-5-7-15/h3-9,12H,2,10-11,13-14H2,1H3,(H2,20,21,23). The summed E-state index contributed by atoms with van der Waals surface area (Å²) in [6, 6.07) is 14.0. The van der Waals surface area contributed by atoms with Crippen LogP contribution in [-0.4, -0.2) is 38.5 Å². The zero-order valence-electron chi connectivity index (χ0n) is 15.1. The van der Waals surface area contributed by atoms with Crippen LogP contribution in [0.1, 0.15) is 18.1 Å². The summed E-state index contributed by atoms with van der Waals surface area (Å²) < 4.78 is 32.8. The molecule has 0 saturated heterocycles. The number of anilines is 1. The van der Waals surface area contributed by atoms with Crippen LogP contribution in [0.2, 0.25) is 0 Å². The number of urea groups is 1. The van der Waals surface area contributed by atoms with Gasteiger partial charge in [0.25, 0.3) is 0 Å². The Balaban J connectivity index is 1.79. The molecule has 3 rings (SSSR count). The van der Waals surface area contributed by atoms with E-state index in [-0.39, 0.29) is 31.5 Å². The molecule has 0 aliphatic carbocycles. The fourth-order valence-corrected chi connectivity index (χ4v) is 4.38. The third-order valence-corrected chi connectivity index (χ3v) is 5.98. The van der Waals surface area contributed by atoms with Crippen molar-refractivity contribution in [1.82, 2.24) is 9.62 Å². The fraction of sp³-hybridized carbons (Fsp3) is 0.316. The van der Waals surface area contributed by atoms with E-state index in [0.717, 1.165) is 11.1 Å². The third-order valence-electron chi connectivity index (χ3n) is 4.19. The summed E-state index contributed by atoms with van der Waals surface area (Å²) in [6.45, 7) is 3.12. The van der Waals surface area contributed by atoms with Crippen LogP contribution in [0.4, 0.5) is 10.5 Å². The predicted molar refractivity (Wildman–Crippen MR) is 104 cm³/mol. The normalized spacial score (nSPS) is 14.6. The minimum atomic E-state index is -3.49. The summed E-state index contributed by atoms with van der Waals surface area (Å²) in [5.74, 6) is 0.578. The Morgan fingerprint density at radius 3 is 2.70 bits per heavy atom. The van der Waals surface area contributed by atoms with E-state index in [1.54, 1.807) is 30.3 Å². The average Bonchev–Trinajstić information content (AvgIpc) is 2.85. The average molecular weight is 389 g/mol. The topological polar surface area (TPSA) is 87.7 Å². The molecule has 27 heavy (non-hydrogen) atoms. The first-order valence-corrected chi connectivity index (χ1v) is 10.4. The molecular formula is C19H23N3O4S. The Morgan fingerprint density at radius 2 is 1.96 bits per heavy atom. The Kier molecular flexibility index (Phi) is 5.98. The molecule has 2 aromatic carbocycles. The van der Waals surface area contributed by atoms with E-state index in [0.29, 0.717) is 18.0 Å². The van der Waals surface area contributed by atoms with Crippen molar-refractivity contribution in [3.63, 3.8) is 0 Å². The van der Waals surface area contributed by atoms with Gasteiger partial charge >= 0.3 is 6.03 Å². The van der Waals surface area contributed by atoms with Crippen LogP contribution in [0.15, 0.2) is 48.5 Å². The lowest BCUT2D eigenvalue weighted by atomic mass is 10.1. The van der Waals surface area contributed by atoms with Crippen LogP contribution >= 0.6 is 0 Å². The molecule has 1 aliphatic heterocycles. The van der Waals surface area contributed by atoms with Crippen molar-refractivity contribution in [3.05, 3.63) is 59.7 Å². The van der Waals surface area contributed by atoms with E-state index in [4.69, 9.17) is 4.74 Å². The summed E-state index contributed by atoms with van der Waals surface area (Å²) in [7, 11) is -3.49. The van der Waals surface area contributed by atoms with Gasteiger partial charge in [0.05, 0.1) is 5.75 Å². The summed E-state index contributed by atoms with van der Waals surface area (Å²) >= 11 is 0. The number of ether oxygens (including phenoxy) is 1.